The topological polar surface area (TPSA) is 116 Å². The maximum absolute atomic E-state index is 13.2. The molecule has 10 heteroatoms. The number of aliphatic carboxylic acids is 1. The summed E-state index contributed by atoms with van der Waals surface area (Å²) in [4.78, 5) is 37.8. The van der Waals surface area contributed by atoms with Crippen LogP contribution in [0.2, 0.25) is 0 Å². The lowest BCUT2D eigenvalue weighted by molar-refractivity contribution is -0.149. The van der Waals surface area contributed by atoms with Crippen LogP contribution in [0.25, 0.3) is 11.1 Å². The zero-order valence-electron chi connectivity index (χ0n) is 18.8. The van der Waals surface area contributed by atoms with E-state index in [1.54, 1.807) is 0 Å². The number of β-amino-alcohol motifs (C(OH)–C–C–N with tert-alkyl or cyclic N) is 1. The minimum Gasteiger partial charge on any atom is -0.481 e. The van der Waals surface area contributed by atoms with Crippen LogP contribution in [-0.4, -0.2) is 71.4 Å². The number of hydrogen-bond donors (Lipinski definition) is 3. The Morgan fingerprint density at radius 3 is 2.20 bits per heavy atom. The zero-order chi connectivity index (χ0) is 25.1. The van der Waals surface area contributed by atoms with Crippen molar-refractivity contribution in [2.75, 3.05) is 19.7 Å². The fourth-order valence-corrected chi connectivity index (χ4v) is 4.83. The van der Waals surface area contributed by atoms with Crippen LogP contribution in [0.3, 0.4) is 0 Å². The van der Waals surface area contributed by atoms with Crippen molar-refractivity contribution in [3.63, 3.8) is 0 Å². The number of piperidine rings is 1. The van der Waals surface area contributed by atoms with Gasteiger partial charge in [0.1, 0.15) is 12.6 Å². The van der Waals surface area contributed by atoms with Crippen LogP contribution in [0.15, 0.2) is 48.5 Å². The number of halogens is 2. The van der Waals surface area contributed by atoms with Gasteiger partial charge in [0.05, 0.1) is 12.0 Å². The third-order valence-corrected chi connectivity index (χ3v) is 6.44. The van der Waals surface area contributed by atoms with Crippen LogP contribution in [0.5, 0.6) is 0 Å². The standard InChI is InChI=1S/C25H26F2N2O6/c26-22(27)10-21(23(31)29-11-14(24(32)33)9-15(30)12-29)28-25(34)35-13-20-18-7-3-1-5-16(18)17-6-2-4-8-19(17)20/h1-8,14-15,20-22,30H,9-13H2,(H,28,34)(H,32,33). The summed E-state index contributed by atoms with van der Waals surface area (Å²) in [5, 5.41) is 21.4. The first-order valence-electron chi connectivity index (χ1n) is 11.3. The average molecular weight is 488 g/mol. The summed E-state index contributed by atoms with van der Waals surface area (Å²) in [6, 6.07) is 13.8. The van der Waals surface area contributed by atoms with E-state index >= 15 is 0 Å². The van der Waals surface area contributed by atoms with Crippen molar-refractivity contribution in [3.8, 4) is 11.1 Å². The molecule has 2 aromatic carbocycles. The maximum atomic E-state index is 13.2. The Balaban J connectivity index is 1.43. The third kappa shape index (κ3) is 5.43. The zero-order valence-corrected chi connectivity index (χ0v) is 18.8. The molecule has 186 valence electrons. The van der Waals surface area contributed by atoms with E-state index in [4.69, 9.17) is 4.74 Å². The number of nitrogens with one attached hydrogen (secondary N) is 1. The molecule has 0 saturated carbocycles. The van der Waals surface area contributed by atoms with Crippen molar-refractivity contribution in [3.05, 3.63) is 59.7 Å². The highest BCUT2D eigenvalue weighted by molar-refractivity contribution is 5.86. The van der Waals surface area contributed by atoms with Crippen molar-refractivity contribution >= 4 is 18.0 Å². The van der Waals surface area contributed by atoms with E-state index in [1.165, 1.54) is 0 Å². The number of nitrogens with zero attached hydrogens (tertiary/aromatic N) is 1. The van der Waals surface area contributed by atoms with E-state index in [-0.39, 0.29) is 32.0 Å². The van der Waals surface area contributed by atoms with E-state index in [2.05, 4.69) is 5.32 Å². The number of carboxylic acids is 1. The lowest BCUT2D eigenvalue weighted by Crippen LogP contribution is -2.55. The van der Waals surface area contributed by atoms with Gasteiger partial charge in [-0.05, 0) is 28.7 Å². The van der Waals surface area contributed by atoms with E-state index in [0.717, 1.165) is 27.2 Å². The van der Waals surface area contributed by atoms with Gasteiger partial charge in [-0.15, -0.1) is 0 Å². The van der Waals surface area contributed by atoms with Gasteiger partial charge in [0.25, 0.3) is 0 Å². The molecule has 35 heavy (non-hydrogen) atoms. The summed E-state index contributed by atoms with van der Waals surface area (Å²) >= 11 is 0. The normalized spacial score (nSPS) is 20.2. The number of alkyl halides is 2. The first-order chi connectivity index (χ1) is 16.7. The molecule has 0 bridgehead atoms. The molecule has 3 atom stereocenters. The van der Waals surface area contributed by atoms with Gasteiger partial charge < -0.3 is 25.2 Å². The molecule has 0 aromatic heterocycles. The molecule has 0 radical (unpaired) electrons. The number of benzene rings is 2. The number of ether oxygens (including phenoxy) is 1. The Morgan fingerprint density at radius 1 is 1.03 bits per heavy atom. The highest BCUT2D eigenvalue weighted by Gasteiger charge is 2.37. The van der Waals surface area contributed by atoms with E-state index in [9.17, 15) is 33.4 Å². The Labute approximate surface area is 200 Å². The lowest BCUT2D eigenvalue weighted by atomic mass is 9.95. The van der Waals surface area contributed by atoms with Crippen molar-refractivity contribution < 1.29 is 38.1 Å². The van der Waals surface area contributed by atoms with E-state index < -0.39 is 48.9 Å². The van der Waals surface area contributed by atoms with Crippen LogP contribution in [0, 0.1) is 5.92 Å². The van der Waals surface area contributed by atoms with Crippen LogP contribution >= 0.6 is 0 Å². The Bertz CT molecular complexity index is 1070. The molecule has 3 unspecified atom stereocenters. The third-order valence-electron chi connectivity index (χ3n) is 6.44. The molecule has 8 nitrogen and oxygen atoms in total. The highest BCUT2D eigenvalue weighted by Crippen LogP contribution is 2.44. The predicted octanol–water partition coefficient (Wildman–Crippen LogP) is 2.84. The number of rotatable bonds is 7. The largest absolute Gasteiger partial charge is 0.481 e. The molecule has 2 aliphatic rings. The molecule has 2 aromatic rings. The molecule has 1 fully saturated rings. The van der Waals surface area contributed by atoms with E-state index in [1.807, 2.05) is 48.5 Å². The number of alkyl carbamates (subject to hydrolysis) is 1. The Morgan fingerprint density at radius 2 is 1.63 bits per heavy atom. The summed E-state index contributed by atoms with van der Waals surface area (Å²) in [5.74, 6) is -3.35. The predicted molar refractivity (Wildman–Crippen MR) is 121 cm³/mol. The van der Waals surface area contributed by atoms with Gasteiger partial charge >= 0.3 is 12.1 Å². The number of hydrogen-bond acceptors (Lipinski definition) is 5. The second-order valence-corrected chi connectivity index (χ2v) is 8.82. The molecule has 1 heterocycles. The molecular weight excluding hydrogens is 462 g/mol. The van der Waals surface area contributed by atoms with Gasteiger partial charge in [0.2, 0.25) is 12.3 Å². The number of aliphatic hydroxyl groups is 1. The average Bonchev–Trinajstić information content (AvgIpc) is 3.15. The number of carboxylic acid groups (broad SMARTS) is 1. The smallest absolute Gasteiger partial charge is 0.407 e. The Kier molecular flexibility index (Phi) is 7.30. The van der Waals surface area contributed by atoms with Crippen molar-refractivity contribution in [1.82, 2.24) is 10.2 Å². The van der Waals surface area contributed by atoms with Crippen LogP contribution in [0.4, 0.5) is 13.6 Å². The molecule has 3 N–H and O–H groups in total. The minimum atomic E-state index is -2.90. The number of amides is 2. The molecule has 1 aliphatic carbocycles. The number of aliphatic hydroxyl groups excluding tert-OH is 1. The molecule has 0 spiro atoms. The first-order valence-corrected chi connectivity index (χ1v) is 11.3. The summed E-state index contributed by atoms with van der Waals surface area (Å²) in [5.41, 5.74) is 4.01. The van der Waals surface area contributed by atoms with Crippen molar-refractivity contribution in [1.29, 1.82) is 0 Å². The van der Waals surface area contributed by atoms with Gasteiger partial charge in [0.15, 0.2) is 0 Å². The summed E-state index contributed by atoms with van der Waals surface area (Å²) < 4.78 is 31.8. The second kappa shape index (κ2) is 10.4. The molecule has 1 saturated heterocycles. The van der Waals surface area contributed by atoms with Crippen LogP contribution < -0.4 is 5.32 Å². The number of likely N-dealkylation sites (tertiary alicyclic amines) is 1. The Hall–Kier alpha value is -3.53. The van der Waals surface area contributed by atoms with E-state index in [0.29, 0.717) is 0 Å². The van der Waals surface area contributed by atoms with Gasteiger partial charge in [-0.3, -0.25) is 9.59 Å². The quantitative estimate of drug-likeness (QED) is 0.552. The lowest BCUT2D eigenvalue weighted by Gasteiger charge is -2.36. The van der Waals surface area contributed by atoms with Gasteiger partial charge in [-0.2, -0.15) is 0 Å². The molecule has 2 amide bonds. The summed E-state index contributed by atoms with van der Waals surface area (Å²) in [6.45, 7) is -0.495. The van der Waals surface area contributed by atoms with Crippen LogP contribution in [0.1, 0.15) is 29.9 Å². The minimum absolute atomic E-state index is 0.0432. The highest BCUT2D eigenvalue weighted by atomic mass is 19.3. The second-order valence-electron chi connectivity index (χ2n) is 8.82. The van der Waals surface area contributed by atoms with Crippen molar-refractivity contribution in [2.45, 2.75) is 37.3 Å². The summed E-state index contributed by atoms with van der Waals surface area (Å²) in [7, 11) is 0. The fraction of sp³-hybridized carbons (Fsp3) is 0.400. The maximum Gasteiger partial charge on any atom is 0.407 e. The van der Waals surface area contributed by atoms with Gasteiger partial charge in [-0.1, -0.05) is 48.5 Å². The van der Waals surface area contributed by atoms with Crippen molar-refractivity contribution in [2.24, 2.45) is 5.92 Å². The fourth-order valence-electron chi connectivity index (χ4n) is 4.83. The first kappa shape index (κ1) is 24.6. The number of carbonyl (C=O) groups excluding carboxylic acids is 2. The van der Waals surface area contributed by atoms with Gasteiger partial charge in [0, 0.05) is 25.4 Å². The molecule has 4 rings (SSSR count). The van der Waals surface area contributed by atoms with Crippen LogP contribution in [-0.2, 0) is 14.3 Å². The van der Waals surface area contributed by atoms with Gasteiger partial charge in [-0.25, -0.2) is 13.6 Å². The molecular formula is C25H26F2N2O6. The number of fused-ring (bicyclic) bond motifs is 3. The SMILES string of the molecule is O=C(NC(CC(F)F)C(=O)N1CC(O)CC(C(=O)O)C1)OCC1c2ccccc2-c2ccccc21. The monoisotopic (exact) mass is 488 g/mol. The number of carbonyl (C=O) groups is 3. The molecule has 1 aliphatic heterocycles. The summed E-state index contributed by atoms with van der Waals surface area (Å²) in [6.07, 6.45) is -6.04.